The summed E-state index contributed by atoms with van der Waals surface area (Å²) in [6, 6.07) is 0.0650. The summed E-state index contributed by atoms with van der Waals surface area (Å²) in [5, 5.41) is 6.56. The molecule has 1 unspecified atom stereocenters. The molecule has 1 atom stereocenters. The number of aromatic nitrogens is 1. The van der Waals surface area contributed by atoms with Crippen LogP contribution in [0, 0.1) is 5.92 Å². The number of nitrogens with zero attached hydrogens (tertiary/aromatic N) is 1. The number of hydrogen-bond donors (Lipinski definition) is 2. The van der Waals surface area contributed by atoms with Gasteiger partial charge in [0, 0.05) is 11.9 Å². The maximum atomic E-state index is 5.76. The lowest BCUT2D eigenvalue weighted by Crippen LogP contribution is -2.15. The SMILES string of the molecule is CC(N)c1nc(CNCCC2CC2)cs1. The van der Waals surface area contributed by atoms with Crippen LogP contribution in [0.2, 0.25) is 0 Å². The number of nitrogens with two attached hydrogens (primary N) is 1. The first-order valence-corrected chi connectivity index (χ1v) is 6.54. The van der Waals surface area contributed by atoms with Crippen molar-refractivity contribution < 1.29 is 0 Å². The highest BCUT2D eigenvalue weighted by molar-refractivity contribution is 7.09. The van der Waals surface area contributed by atoms with Crippen LogP contribution in [0.5, 0.6) is 0 Å². The molecule has 2 rings (SSSR count). The van der Waals surface area contributed by atoms with Crippen LogP contribution in [0.15, 0.2) is 5.38 Å². The molecule has 1 aromatic rings. The third-order valence-corrected chi connectivity index (χ3v) is 3.79. The lowest BCUT2D eigenvalue weighted by Gasteiger charge is -2.01. The monoisotopic (exact) mass is 225 g/mol. The second kappa shape index (κ2) is 5.05. The molecule has 1 aliphatic carbocycles. The molecular weight excluding hydrogens is 206 g/mol. The fraction of sp³-hybridized carbons (Fsp3) is 0.727. The number of rotatable bonds is 6. The lowest BCUT2D eigenvalue weighted by molar-refractivity contribution is 0.606. The van der Waals surface area contributed by atoms with Crippen molar-refractivity contribution in [2.45, 2.75) is 38.8 Å². The van der Waals surface area contributed by atoms with Gasteiger partial charge in [0.15, 0.2) is 0 Å². The molecule has 0 spiro atoms. The Balaban J connectivity index is 1.67. The van der Waals surface area contributed by atoms with Gasteiger partial charge in [-0.2, -0.15) is 0 Å². The van der Waals surface area contributed by atoms with E-state index in [9.17, 15) is 0 Å². The number of hydrogen-bond acceptors (Lipinski definition) is 4. The summed E-state index contributed by atoms with van der Waals surface area (Å²) in [6.07, 6.45) is 4.20. The zero-order valence-electron chi connectivity index (χ0n) is 9.20. The highest BCUT2D eigenvalue weighted by Gasteiger charge is 2.19. The van der Waals surface area contributed by atoms with Gasteiger partial charge >= 0.3 is 0 Å². The molecule has 84 valence electrons. The summed E-state index contributed by atoms with van der Waals surface area (Å²) >= 11 is 1.66. The van der Waals surface area contributed by atoms with Gasteiger partial charge in [0.25, 0.3) is 0 Å². The molecule has 4 heteroatoms. The minimum Gasteiger partial charge on any atom is -0.322 e. The van der Waals surface area contributed by atoms with Crippen LogP contribution in [0.3, 0.4) is 0 Å². The van der Waals surface area contributed by atoms with Crippen molar-refractivity contribution in [2.75, 3.05) is 6.54 Å². The molecule has 0 saturated heterocycles. The van der Waals surface area contributed by atoms with E-state index in [0.717, 1.165) is 29.7 Å². The maximum Gasteiger partial charge on any atom is 0.109 e. The molecule has 1 aliphatic rings. The molecule has 0 aliphatic heterocycles. The van der Waals surface area contributed by atoms with Crippen LogP contribution in [0.25, 0.3) is 0 Å². The van der Waals surface area contributed by atoms with Crippen molar-refractivity contribution in [1.82, 2.24) is 10.3 Å². The molecule has 1 fully saturated rings. The minimum absolute atomic E-state index is 0.0650. The van der Waals surface area contributed by atoms with Gasteiger partial charge in [0.2, 0.25) is 0 Å². The van der Waals surface area contributed by atoms with Gasteiger partial charge in [0.1, 0.15) is 5.01 Å². The van der Waals surface area contributed by atoms with Crippen LogP contribution in [-0.2, 0) is 6.54 Å². The van der Waals surface area contributed by atoms with Gasteiger partial charge in [-0.1, -0.05) is 12.8 Å². The van der Waals surface area contributed by atoms with E-state index in [-0.39, 0.29) is 6.04 Å². The average Bonchev–Trinajstić information content (AvgIpc) is 2.90. The Morgan fingerprint density at radius 3 is 3.07 bits per heavy atom. The summed E-state index contributed by atoms with van der Waals surface area (Å²) in [5.41, 5.74) is 6.89. The number of thiazole rings is 1. The largest absolute Gasteiger partial charge is 0.322 e. The summed E-state index contributed by atoms with van der Waals surface area (Å²) in [4.78, 5) is 4.47. The molecule has 3 nitrogen and oxygen atoms in total. The second-order valence-electron chi connectivity index (χ2n) is 4.37. The quantitative estimate of drug-likeness (QED) is 0.729. The summed E-state index contributed by atoms with van der Waals surface area (Å²) in [6.45, 7) is 3.98. The van der Waals surface area contributed by atoms with Gasteiger partial charge in [0.05, 0.1) is 11.7 Å². The zero-order chi connectivity index (χ0) is 10.7. The fourth-order valence-electron chi connectivity index (χ4n) is 1.54. The Hall–Kier alpha value is -0.450. The highest BCUT2D eigenvalue weighted by Crippen LogP contribution is 2.31. The van der Waals surface area contributed by atoms with Crippen molar-refractivity contribution in [3.63, 3.8) is 0 Å². The predicted octanol–water partition coefficient (Wildman–Crippen LogP) is 2.05. The third kappa shape index (κ3) is 3.55. The van der Waals surface area contributed by atoms with Crippen LogP contribution < -0.4 is 11.1 Å². The standard InChI is InChI=1S/C11H19N3S/c1-8(12)11-14-10(7-15-11)6-13-5-4-9-2-3-9/h7-9,13H,2-6,12H2,1H3. The Labute approximate surface area is 95.1 Å². The van der Waals surface area contributed by atoms with E-state index in [2.05, 4.69) is 15.7 Å². The Kier molecular flexibility index (Phi) is 3.72. The fourth-order valence-corrected chi connectivity index (χ4v) is 2.32. The van der Waals surface area contributed by atoms with Gasteiger partial charge in [-0.25, -0.2) is 4.98 Å². The van der Waals surface area contributed by atoms with Gasteiger partial charge in [-0.05, 0) is 25.8 Å². The summed E-state index contributed by atoms with van der Waals surface area (Å²) < 4.78 is 0. The predicted molar refractivity (Wildman–Crippen MR) is 63.8 cm³/mol. The van der Waals surface area contributed by atoms with Gasteiger partial charge in [-0.3, -0.25) is 0 Å². The molecule has 1 heterocycles. The summed E-state index contributed by atoms with van der Waals surface area (Å²) in [5.74, 6) is 1.01. The Morgan fingerprint density at radius 1 is 1.67 bits per heavy atom. The first-order chi connectivity index (χ1) is 7.25. The lowest BCUT2D eigenvalue weighted by atomic mass is 10.3. The Morgan fingerprint density at radius 2 is 2.47 bits per heavy atom. The molecular formula is C11H19N3S. The normalized spacial score (nSPS) is 18.0. The van der Waals surface area contributed by atoms with Crippen molar-refractivity contribution in [3.8, 4) is 0 Å². The average molecular weight is 225 g/mol. The van der Waals surface area contributed by atoms with E-state index < -0.39 is 0 Å². The van der Waals surface area contributed by atoms with E-state index in [1.165, 1.54) is 19.3 Å². The van der Waals surface area contributed by atoms with E-state index in [1.54, 1.807) is 11.3 Å². The first-order valence-electron chi connectivity index (χ1n) is 5.66. The molecule has 15 heavy (non-hydrogen) atoms. The van der Waals surface area contributed by atoms with Crippen molar-refractivity contribution in [2.24, 2.45) is 11.7 Å². The van der Waals surface area contributed by atoms with Crippen LogP contribution >= 0.6 is 11.3 Å². The minimum atomic E-state index is 0.0650. The highest BCUT2D eigenvalue weighted by atomic mass is 32.1. The molecule has 3 N–H and O–H groups in total. The molecule has 0 aromatic carbocycles. The van der Waals surface area contributed by atoms with Gasteiger partial charge in [-0.15, -0.1) is 11.3 Å². The number of nitrogens with one attached hydrogen (secondary N) is 1. The molecule has 0 radical (unpaired) electrons. The van der Waals surface area contributed by atoms with E-state index in [1.807, 2.05) is 6.92 Å². The molecule has 1 saturated carbocycles. The van der Waals surface area contributed by atoms with Crippen molar-refractivity contribution in [1.29, 1.82) is 0 Å². The molecule has 0 bridgehead atoms. The van der Waals surface area contributed by atoms with E-state index in [0.29, 0.717) is 0 Å². The van der Waals surface area contributed by atoms with Crippen molar-refractivity contribution in [3.05, 3.63) is 16.1 Å². The van der Waals surface area contributed by atoms with Crippen LogP contribution in [0.4, 0.5) is 0 Å². The van der Waals surface area contributed by atoms with Crippen LogP contribution in [-0.4, -0.2) is 11.5 Å². The zero-order valence-corrected chi connectivity index (χ0v) is 10.0. The van der Waals surface area contributed by atoms with E-state index in [4.69, 9.17) is 5.73 Å². The summed E-state index contributed by atoms with van der Waals surface area (Å²) in [7, 11) is 0. The smallest absolute Gasteiger partial charge is 0.109 e. The Bertz CT molecular complexity index is 305. The topological polar surface area (TPSA) is 50.9 Å². The third-order valence-electron chi connectivity index (χ3n) is 2.69. The van der Waals surface area contributed by atoms with Crippen molar-refractivity contribution >= 4 is 11.3 Å². The van der Waals surface area contributed by atoms with Crippen LogP contribution in [0.1, 0.15) is 42.9 Å². The maximum absolute atomic E-state index is 5.76. The van der Waals surface area contributed by atoms with E-state index >= 15 is 0 Å². The molecule has 1 aromatic heterocycles. The first kappa shape index (κ1) is 11.0. The second-order valence-corrected chi connectivity index (χ2v) is 5.26. The molecule has 0 amide bonds. The van der Waals surface area contributed by atoms with Gasteiger partial charge < -0.3 is 11.1 Å².